The Balaban J connectivity index is 0.000000711. The van der Waals surface area contributed by atoms with E-state index in [9.17, 15) is 0 Å². The standard InChI is InChI=1S/C12H11P.C2H5.Pd/c1-3-7-11(8-4-1)13-12-9-5-2-6-10-12;1-2;/h1-10,13H;1H2,2H3;/q;-1;. The molecule has 0 fully saturated rings. The van der Waals surface area contributed by atoms with Gasteiger partial charge in [0, 0.05) is 20.4 Å². The number of hydrogen-bond acceptors (Lipinski definition) is 0. The van der Waals surface area contributed by atoms with Gasteiger partial charge in [0.15, 0.2) is 0 Å². The smallest absolute Gasteiger partial charge is 0 e. The Kier molecular flexibility index (Phi) is 9.45. The minimum atomic E-state index is 0. The SMILES string of the molecule is [CH2-]C.[Pd].c1ccc(Pc2ccccc2)cc1. The zero-order chi connectivity index (χ0) is 10.9. The maximum Gasteiger partial charge on any atom is 0 e. The predicted octanol–water partition coefficient (Wildman–Crippen LogP) is 3.15. The van der Waals surface area contributed by atoms with E-state index in [1.165, 1.54) is 10.6 Å². The van der Waals surface area contributed by atoms with Crippen LogP contribution >= 0.6 is 8.58 Å². The first kappa shape index (κ1) is 15.5. The molecule has 0 aromatic heterocycles. The summed E-state index contributed by atoms with van der Waals surface area (Å²) in [6.07, 6.45) is 0. The molecule has 0 saturated carbocycles. The maximum atomic E-state index is 3.25. The van der Waals surface area contributed by atoms with Crippen molar-refractivity contribution < 1.29 is 20.4 Å². The molecule has 2 aromatic carbocycles. The van der Waals surface area contributed by atoms with Gasteiger partial charge in [0.05, 0.1) is 0 Å². The van der Waals surface area contributed by atoms with Gasteiger partial charge in [-0.1, -0.05) is 69.2 Å². The van der Waals surface area contributed by atoms with Crippen molar-refractivity contribution in [3.8, 4) is 0 Å². The molecule has 0 unspecified atom stereocenters. The van der Waals surface area contributed by atoms with Gasteiger partial charge in [0.2, 0.25) is 0 Å². The van der Waals surface area contributed by atoms with Crippen LogP contribution in [-0.2, 0) is 20.4 Å². The van der Waals surface area contributed by atoms with Crippen molar-refractivity contribution in [2.45, 2.75) is 6.92 Å². The first-order chi connectivity index (χ1) is 7.45. The van der Waals surface area contributed by atoms with E-state index in [2.05, 4.69) is 67.6 Å². The molecule has 0 aliphatic heterocycles. The average molecular weight is 322 g/mol. The summed E-state index contributed by atoms with van der Waals surface area (Å²) in [5, 5.41) is 2.79. The topological polar surface area (TPSA) is 0 Å². The van der Waals surface area contributed by atoms with Gasteiger partial charge in [-0.05, 0) is 10.6 Å². The Morgan fingerprint density at radius 3 is 1.31 bits per heavy atom. The van der Waals surface area contributed by atoms with Crippen LogP contribution in [0.3, 0.4) is 0 Å². The molecular formula is C14H16PPd-. The van der Waals surface area contributed by atoms with E-state index in [1.807, 2.05) is 0 Å². The largest absolute Gasteiger partial charge is 0.346 e. The first-order valence-corrected chi connectivity index (χ1v) is 6.03. The minimum absolute atomic E-state index is 0. The molecular weight excluding hydrogens is 306 g/mol. The van der Waals surface area contributed by atoms with Crippen LogP contribution < -0.4 is 10.6 Å². The second-order valence-electron chi connectivity index (χ2n) is 2.86. The molecule has 0 aliphatic rings. The zero-order valence-electron chi connectivity index (χ0n) is 9.30. The normalized spacial score (nSPS) is 8.38. The summed E-state index contributed by atoms with van der Waals surface area (Å²) in [7, 11) is 0.777. The monoisotopic (exact) mass is 321 g/mol. The molecule has 0 nitrogen and oxygen atoms in total. The summed E-state index contributed by atoms with van der Waals surface area (Å²) < 4.78 is 0. The molecule has 2 aromatic rings. The van der Waals surface area contributed by atoms with Crippen molar-refractivity contribution in [2.24, 2.45) is 0 Å². The molecule has 0 heterocycles. The third-order valence-corrected chi connectivity index (χ3v) is 3.08. The van der Waals surface area contributed by atoms with Crippen molar-refractivity contribution in [1.29, 1.82) is 0 Å². The predicted molar refractivity (Wildman–Crippen MR) is 71.5 cm³/mol. The molecule has 0 aliphatic carbocycles. The van der Waals surface area contributed by atoms with Crippen LogP contribution in [0.4, 0.5) is 0 Å². The number of hydrogen-bond donors (Lipinski definition) is 0. The fourth-order valence-electron chi connectivity index (χ4n) is 1.21. The van der Waals surface area contributed by atoms with Gasteiger partial charge >= 0.3 is 0 Å². The van der Waals surface area contributed by atoms with Crippen molar-refractivity contribution in [2.75, 3.05) is 0 Å². The Hall–Kier alpha value is -0.468. The van der Waals surface area contributed by atoms with Gasteiger partial charge in [-0.2, -0.15) is 6.92 Å². The Morgan fingerprint density at radius 1 is 0.688 bits per heavy atom. The summed E-state index contributed by atoms with van der Waals surface area (Å²) in [5.74, 6) is 0. The van der Waals surface area contributed by atoms with Crippen LogP contribution in [-0.4, -0.2) is 0 Å². The molecule has 88 valence electrons. The summed E-state index contributed by atoms with van der Waals surface area (Å²) in [5.41, 5.74) is 0. The van der Waals surface area contributed by atoms with Crippen molar-refractivity contribution in [3.63, 3.8) is 0 Å². The molecule has 0 saturated heterocycles. The van der Waals surface area contributed by atoms with E-state index in [4.69, 9.17) is 0 Å². The quantitative estimate of drug-likeness (QED) is 0.453. The van der Waals surface area contributed by atoms with E-state index in [0.29, 0.717) is 0 Å². The second kappa shape index (κ2) is 9.74. The number of rotatable bonds is 2. The molecule has 0 spiro atoms. The van der Waals surface area contributed by atoms with Gasteiger partial charge in [0.1, 0.15) is 0 Å². The molecule has 0 amide bonds. The van der Waals surface area contributed by atoms with E-state index in [-0.39, 0.29) is 20.4 Å². The van der Waals surface area contributed by atoms with Crippen LogP contribution in [0.1, 0.15) is 6.92 Å². The maximum absolute atomic E-state index is 3.25. The third kappa shape index (κ3) is 5.57. The number of benzene rings is 2. The van der Waals surface area contributed by atoms with E-state index >= 15 is 0 Å². The van der Waals surface area contributed by atoms with Crippen molar-refractivity contribution in [3.05, 3.63) is 67.6 Å². The van der Waals surface area contributed by atoms with Gasteiger partial charge < -0.3 is 6.92 Å². The van der Waals surface area contributed by atoms with Crippen LogP contribution in [0.25, 0.3) is 0 Å². The van der Waals surface area contributed by atoms with Crippen LogP contribution in [0.2, 0.25) is 0 Å². The first-order valence-electron chi connectivity index (χ1n) is 5.03. The molecule has 0 radical (unpaired) electrons. The Labute approximate surface area is 114 Å². The fraction of sp³-hybridized carbons (Fsp3) is 0.0714. The third-order valence-electron chi connectivity index (χ3n) is 1.84. The minimum Gasteiger partial charge on any atom is -0.346 e. The van der Waals surface area contributed by atoms with E-state index in [0.717, 1.165) is 8.58 Å². The summed E-state index contributed by atoms with van der Waals surface area (Å²) in [6, 6.07) is 21.2. The van der Waals surface area contributed by atoms with Crippen LogP contribution in [0.5, 0.6) is 0 Å². The summed E-state index contributed by atoms with van der Waals surface area (Å²) in [4.78, 5) is 0. The van der Waals surface area contributed by atoms with Crippen molar-refractivity contribution in [1.82, 2.24) is 0 Å². The molecule has 0 atom stereocenters. The Morgan fingerprint density at radius 2 is 1.00 bits per heavy atom. The summed E-state index contributed by atoms with van der Waals surface area (Å²) in [6.45, 7) is 5.00. The van der Waals surface area contributed by atoms with E-state index < -0.39 is 0 Å². The molecule has 0 N–H and O–H groups in total. The molecule has 16 heavy (non-hydrogen) atoms. The second-order valence-corrected chi connectivity index (χ2v) is 4.26. The average Bonchev–Trinajstić information content (AvgIpc) is 2.34. The Bertz CT molecular complexity index is 322. The fourth-order valence-corrected chi connectivity index (χ4v) is 2.26. The molecule has 2 heteroatoms. The summed E-state index contributed by atoms with van der Waals surface area (Å²) >= 11 is 0. The van der Waals surface area contributed by atoms with Gasteiger partial charge in [-0.15, -0.1) is 0 Å². The van der Waals surface area contributed by atoms with E-state index in [1.54, 1.807) is 6.92 Å². The zero-order valence-corrected chi connectivity index (χ0v) is 11.9. The van der Waals surface area contributed by atoms with Crippen LogP contribution in [0.15, 0.2) is 60.7 Å². The molecule has 0 bridgehead atoms. The van der Waals surface area contributed by atoms with Gasteiger partial charge in [-0.3, -0.25) is 0 Å². The van der Waals surface area contributed by atoms with Gasteiger partial charge in [-0.25, -0.2) is 0 Å². The van der Waals surface area contributed by atoms with Crippen LogP contribution in [0, 0.1) is 6.92 Å². The van der Waals surface area contributed by atoms with Crippen molar-refractivity contribution >= 4 is 19.2 Å². The van der Waals surface area contributed by atoms with Gasteiger partial charge in [0.25, 0.3) is 0 Å². The molecule has 2 rings (SSSR count).